The van der Waals surface area contributed by atoms with E-state index in [9.17, 15) is 9.59 Å². The second-order valence-electron chi connectivity index (χ2n) is 6.76. The molecule has 0 spiro atoms. The average Bonchev–Trinajstić information content (AvgIpc) is 3.41. The molecule has 2 fully saturated rings. The number of carboxylic acid groups (broad SMARTS) is 1. The predicted molar refractivity (Wildman–Crippen MR) is 83.8 cm³/mol. The molecular formula is C18H19NO5. The van der Waals surface area contributed by atoms with Gasteiger partial charge >= 0.3 is 5.97 Å². The molecular weight excluding hydrogens is 310 g/mol. The first-order valence-electron chi connectivity index (χ1n) is 8.25. The van der Waals surface area contributed by atoms with Gasteiger partial charge in [-0.05, 0) is 49.4 Å². The number of hydrogen-bond acceptors (Lipinski definition) is 4. The molecule has 6 heteroatoms. The molecule has 2 unspecified atom stereocenters. The Morgan fingerprint density at radius 3 is 2.46 bits per heavy atom. The number of amides is 1. The van der Waals surface area contributed by atoms with Crippen molar-refractivity contribution >= 4 is 11.9 Å². The van der Waals surface area contributed by atoms with Crippen LogP contribution in [0.5, 0.6) is 0 Å². The van der Waals surface area contributed by atoms with Crippen molar-refractivity contribution in [3.63, 3.8) is 0 Å². The third-order valence-electron chi connectivity index (χ3n) is 4.76. The fourth-order valence-corrected chi connectivity index (χ4v) is 3.03. The first kappa shape index (κ1) is 15.1. The summed E-state index contributed by atoms with van der Waals surface area (Å²) in [5.74, 6) is 1.29. The van der Waals surface area contributed by atoms with Crippen molar-refractivity contribution in [1.29, 1.82) is 0 Å². The van der Waals surface area contributed by atoms with E-state index in [4.69, 9.17) is 13.9 Å². The largest absolute Gasteiger partial charge is 0.475 e. The van der Waals surface area contributed by atoms with Gasteiger partial charge in [-0.2, -0.15) is 0 Å². The van der Waals surface area contributed by atoms with Crippen molar-refractivity contribution < 1.29 is 23.5 Å². The summed E-state index contributed by atoms with van der Waals surface area (Å²) in [7, 11) is 0. The molecule has 0 aliphatic heterocycles. The van der Waals surface area contributed by atoms with Crippen LogP contribution in [0, 0.1) is 5.92 Å². The SMILES string of the molecule is CC1CC1c1ccc(CN(C(=O)c2ccc(C(=O)O)o2)C2CC2)o1. The van der Waals surface area contributed by atoms with Crippen LogP contribution in [-0.4, -0.2) is 27.9 Å². The number of carboxylic acids is 1. The topological polar surface area (TPSA) is 83.9 Å². The molecule has 0 saturated heterocycles. The normalized spacial score (nSPS) is 22.4. The molecule has 126 valence electrons. The van der Waals surface area contributed by atoms with Gasteiger partial charge in [-0.1, -0.05) is 6.92 Å². The highest BCUT2D eigenvalue weighted by Gasteiger charge is 2.38. The molecule has 24 heavy (non-hydrogen) atoms. The van der Waals surface area contributed by atoms with E-state index in [2.05, 4.69) is 6.92 Å². The summed E-state index contributed by atoms with van der Waals surface area (Å²) in [6, 6.07) is 6.81. The van der Waals surface area contributed by atoms with E-state index in [-0.39, 0.29) is 23.5 Å². The summed E-state index contributed by atoms with van der Waals surface area (Å²) in [5.41, 5.74) is 0. The van der Waals surface area contributed by atoms with Crippen LogP contribution in [0.15, 0.2) is 33.1 Å². The zero-order chi connectivity index (χ0) is 16.8. The maximum absolute atomic E-state index is 12.7. The van der Waals surface area contributed by atoms with Gasteiger partial charge in [0.1, 0.15) is 11.5 Å². The monoisotopic (exact) mass is 329 g/mol. The molecule has 1 N–H and O–H groups in total. The van der Waals surface area contributed by atoms with Crippen LogP contribution in [0.3, 0.4) is 0 Å². The Labute approximate surface area is 139 Å². The standard InChI is InChI=1S/C18H19NO5/c1-10-8-13(10)14-5-4-12(23-14)9-19(11-2-3-11)17(20)15-6-7-16(24-15)18(21)22/h4-7,10-11,13H,2-3,8-9H2,1H3,(H,21,22). The van der Waals surface area contributed by atoms with E-state index in [1.54, 1.807) is 4.90 Å². The Hall–Kier alpha value is -2.50. The van der Waals surface area contributed by atoms with Gasteiger partial charge in [0.15, 0.2) is 5.76 Å². The quantitative estimate of drug-likeness (QED) is 0.877. The first-order valence-corrected chi connectivity index (χ1v) is 8.25. The summed E-state index contributed by atoms with van der Waals surface area (Å²) in [4.78, 5) is 25.3. The molecule has 1 amide bonds. The molecule has 4 rings (SSSR count). The molecule has 2 aromatic heterocycles. The van der Waals surface area contributed by atoms with Gasteiger partial charge in [0.05, 0.1) is 6.54 Å². The molecule has 2 heterocycles. The van der Waals surface area contributed by atoms with Gasteiger partial charge in [-0.3, -0.25) is 4.79 Å². The van der Waals surface area contributed by atoms with E-state index < -0.39 is 5.97 Å². The van der Waals surface area contributed by atoms with Crippen molar-refractivity contribution in [3.8, 4) is 0 Å². The van der Waals surface area contributed by atoms with Gasteiger partial charge in [-0.25, -0.2) is 4.79 Å². The molecule has 0 bridgehead atoms. The molecule has 2 saturated carbocycles. The van der Waals surface area contributed by atoms with E-state index in [1.807, 2.05) is 12.1 Å². The summed E-state index contributed by atoms with van der Waals surface area (Å²) < 4.78 is 11.0. The van der Waals surface area contributed by atoms with Gasteiger partial charge in [0, 0.05) is 12.0 Å². The van der Waals surface area contributed by atoms with Crippen LogP contribution in [0.25, 0.3) is 0 Å². The summed E-state index contributed by atoms with van der Waals surface area (Å²) in [6.07, 6.45) is 3.06. The average molecular weight is 329 g/mol. The number of rotatable bonds is 6. The lowest BCUT2D eigenvalue weighted by Gasteiger charge is -2.20. The maximum Gasteiger partial charge on any atom is 0.371 e. The summed E-state index contributed by atoms with van der Waals surface area (Å²) in [5, 5.41) is 8.92. The molecule has 2 aliphatic rings. The fourth-order valence-electron chi connectivity index (χ4n) is 3.03. The summed E-state index contributed by atoms with van der Waals surface area (Å²) in [6.45, 7) is 2.58. The Morgan fingerprint density at radius 2 is 1.88 bits per heavy atom. The Balaban J connectivity index is 1.50. The highest BCUT2D eigenvalue weighted by molar-refractivity contribution is 5.93. The second kappa shape index (κ2) is 5.54. The van der Waals surface area contributed by atoms with Crippen molar-refractivity contribution in [2.45, 2.75) is 44.7 Å². The number of aromatic carboxylic acids is 1. The maximum atomic E-state index is 12.7. The van der Waals surface area contributed by atoms with Crippen LogP contribution >= 0.6 is 0 Å². The number of furan rings is 2. The van der Waals surface area contributed by atoms with Gasteiger partial charge in [0.2, 0.25) is 5.76 Å². The van der Waals surface area contributed by atoms with Crippen LogP contribution in [0.2, 0.25) is 0 Å². The molecule has 0 aromatic carbocycles. The number of carbonyl (C=O) groups excluding carboxylic acids is 1. The lowest BCUT2D eigenvalue weighted by atomic mass is 10.3. The molecule has 2 aromatic rings. The predicted octanol–water partition coefficient (Wildman–Crippen LogP) is 3.50. The van der Waals surface area contributed by atoms with Crippen LogP contribution in [0.4, 0.5) is 0 Å². The fraction of sp³-hybridized carbons (Fsp3) is 0.444. The van der Waals surface area contributed by atoms with Gasteiger partial charge < -0.3 is 18.8 Å². The molecule has 2 atom stereocenters. The minimum absolute atomic E-state index is 0.0573. The van der Waals surface area contributed by atoms with Crippen LogP contribution in [-0.2, 0) is 6.54 Å². The van der Waals surface area contributed by atoms with Gasteiger partial charge in [-0.15, -0.1) is 0 Å². The Bertz CT molecular complexity index is 785. The second-order valence-corrected chi connectivity index (χ2v) is 6.76. The minimum Gasteiger partial charge on any atom is -0.475 e. The number of nitrogens with zero attached hydrogens (tertiary/aromatic N) is 1. The van der Waals surface area contributed by atoms with Crippen molar-refractivity contribution in [2.24, 2.45) is 5.92 Å². The van der Waals surface area contributed by atoms with E-state index in [0.717, 1.165) is 30.8 Å². The summed E-state index contributed by atoms with van der Waals surface area (Å²) >= 11 is 0. The van der Waals surface area contributed by atoms with Crippen molar-refractivity contribution in [1.82, 2.24) is 4.90 Å². The molecule has 2 aliphatic carbocycles. The minimum atomic E-state index is -1.18. The first-order chi connectivity index (χ1) is 11.5. The zero-order valence-corrected chi connectivity index (χ0v) is 13.4. The van der Waals surface area contributed by atoms with Crippen LogP contribution < -0.4 is 0 Å². The van der Waals surface area contributed by atoms with E-state index in [1.165, 1.54) is 12.1 Å². The highest BCUT2D eigenvalue weighted by Crippen LogP contribution is 2.47. The molecule has 0 radical (unpaired) electrons. The molecule has 6 nitrogen and oxygen atoms in total. The number of carbonyl (C=O) groups is 2. The van der Waals surface area contributed by atoms with Crippen molar-refractivity contribution in [3.05, 3.63) is 47.3 Å². The van der Waals surface area contributed by atoms with Gasteiger partial charge in [0.25, 0.3) is 5.91 Å². The lowest BCUT2D eigenvalue weighted by molar-refractivity contribution is 0.0640. The van der Waals surface area contributed by atoms with Crippen LogP contribution in [0.1, 0.15) is 64.7 Å². The van der Waals surface area contributed by atoms with E-state index in [0.29, 0.717) is 18.4 Å². The van der Waals surface area contributed by atoms with Crippen molar-refractivity contribution in [2.75, 3.05) is 0 Å². The zero-order valence-electron chi connectivity index (χ0n) is 13.4. The third kappa shape index (κ3) is 2.84. The van der Waals surface area contributed by atoms with E-state index >= 15 is 0 Å². The smallest absolute Gasteiger partial charge is 0.371 e. The highest BCUT2D eigenvalue weighted by atomic mass is 16.4. The third-order valence-corrected chi connectivity index (χ3v) is 4.76. The Kier molecular flexibility index (Phi) is 3.48. The Morgan fingerprint density at radius 1 is 1.17 bits per heavy atom. The lowest BCUT2D eigenvalue weighted by Crippen LogP contribution is -2.32. The number of hydrogen-bond donors (Lipinski definition) is 1.